The van der Waals surface area contributed by atoms with Gasteiger partial charge in [0, 0.05) is 6.42 Å². The Morgan fingerprint density at radius 3 is 2.62 bits per heavy atom. The van der Waals surface area contributed by atoms with E-state index >= 15 is 0 Å². The predicted octanol–water partition coefficient (Wildman–Crippen LogP) is 3.97. The summed E-state index contributed by atoms with van der Waals surface area (Å²) in [6.07, 6.45) is 0.0729. The van der Waals surface area contributed by atoms with Gasteiger partial charge in [0.15, 0.2) is 5.78 Å². The topological polar surface area (TPSA) is 17.1 Å². The highest BCUT2D eigenvalue weighted by Gasteiger charge is 2.11. The van der Waals surface area contributed by atoms with E-state index in [-0.39, 0.29) is 18.0 Å². The molecule has 16 heavy (non-hydrogen) atoms. The van der Waals surface area contributed by atoms with E-state index in [1.807, 2.05) is 0 Å². The largest absolute Gasteiger partial charge is 0.293 e. The molecule has 0 bridgehead atoms. The van der Waals surface area contributed by atoms with Crippen molar-refractivity contribution in [3.63, 3.8) is 0 Å². The van der Waals surface area contributed by atoms with Crippen LogP contribution in [-0.2, 0) is 6.42 Å². The summed E-state index contributed by atoms with van der Waals surface area (Å²) in [5, 5.41) is 0. The molecule has 2 rings (SSSR count). The quantitative estimate of drug-likeness (QED) is 0.758. The van der Waals surface area contributed by atoms with Gasteiger partial charge in [-0.05, 0) is 23.8 Å². The first-order valence-corrected chi connectivity index (χ1v) is 5.88. The normalized spacial score (nSPS) is 10.4. The number of benzene rings is 1. The van der Waals surface area contributed by atoms with Crippen molar-refractivity contribution in [1.82, 2.24) is 0 Å². The molecular formula is C12H8ClFOS. The molecule has 0 atom stereocenters. The average molecular weight is 255 g/mol. The van der Waals surface area contributed by atoms with Crippen LogP contribution in [-0.4, -0.2) is 5.78 Å². The van der Waals surface area contributed by atoms with E-state index in [0.717, 1.165) is 0 Å². The van der Waals surface area contributed by atoms with Gasteiger partial charge in [-0.1, -0.05) is 29.8 Å². The minimum absolute atomic E-state index is 0.0729. The Morgan fingerprint density at radius 2 is 2.00 bits per heavy atom. The Bertz CT molecular complexity index is 521. The fraction of sp³-hybridized carbons (Fsp3) is 0.0833. The van der Waals surface area contributed by atoms with Gasteiger partial charge in [0.1, 0.15) is 5.82 Å². The lowest BCUT2D eigenvalue weighted by Gasteiger charge is -2.00. The van der Waals surface area contributed by atoms with Crippen molar-refractivity contribution in [2.24, 2.45) is 0 Å². The van der Waals surface area contributed by atoms with Gasteiger partial charge >= 0.3 is 0 Å². The number of hydrogen-bond donors (Lipinski definition) is 0. The first kappa shape index (κ1) is 11.3. The first-order chi connectivity index (χ1) is 7.66. The Hall–Kier alpha value is -1.19. The summed E-state index contributed by atoms with van der Waals surface area (Å²) in [6.45, 7) is 0. The second-order valence-corrected chi connectivity index (χ2v) is 5.01. The summed E-state index contributed by atoms with van der Waals surface area (Å²) in [7, 11) is 0. The standard InChI is InChI=1S/C12H8ClFOS/c13-12-6-5-11(16-12)10(15)7-8-3-1-2-4-9(8)14/h1-6H,7H2. The molecule has 0 aliphatic heterocycles. The SMILES string of the molecule is O=C(Cc1ccccc1F)c1ccc(Cl)s1. The van der Waals surface area contributed by atoms with Gasteiger partial charge in [0.05, 0.1) is 9.21 Å². The van der Waals surface area contributed by atoms with Gasteiger partial charge in [-0.15, -0.1) is 11.3 Å². The van der Waals surface area contributed by atoms with E-state index in [2.05, 4.69) is 0 Å². The van der Waals surface area contributed by atoms with Gasteiger partial charge in [-0.25, -0.2) is 4.39 Å². The Balaban J connectivity index is 2.17. The van der Waals surface area contributed by atoms with Gasteiger partial charge in [0.2, 0.25) is 0 Å². The maximum absolute atomic E-state index is 13.3. The number of ketones is 1. The van der Waals surface area contributed by atoms with Crippen LogP contribution >= 0.6 is 22.9 Å². The van der Waals surface area contributed by atoms with Crippen LogP contribution in [0.1, 0.15) is 15.2 Å². The van der Waals surface area contributed by atoms with Crippen molar-refractivity contribution in [3.8, 4) is 0 Å². The van der Waals surface area contributed by atoms with Gasteiger partial charge in [-0.3, -0.25) is 4.79 Å². The number of carbonyl (C=O) groups is 1. The molecule has 0 fully saturated rings. The second kappa shape index (κ2) is 4.76. The molecular weight excluding hydrogens is 247 g/mol. The molecule has 0 spiro atoms. The molecule has 0 aliphatic carbocycles. The molecule has 0 radical (unpaired) electrons. The highest BCUT2D eigenvalue weighted by molar-refractivity contribution is 7.18. The molecule has 0 saturated heterocycles. The van der Waals surface area contributed by atoms with Gasteiger partial charge in [-0.2, -0.15) is 0 Å². The van der Waals surface area contributed by atoms with Crippen molar-refractivity contribution in [2.75, 3.05) is 0 Å². The van der Waals surface area contributed by atoms with Crippen LogP contribution in [0.25, 0.3) is 0 Å². The summed E-state index contributed by atoms with van der Waals surface area (Å²) in [4.78, 5) is 12.3. The molecule has 1 aromatic carbocycles. The lowest BCUT2D eigenvalue weighted by Crippen LogP contribution is -2.02. The summed E-state index contributed by atoms with van der Waals surface area (Å²) >= 11 is 6.95. The third kappa shape index (κ3) is 2.49. The van der Waals surface area contributed by atoms with E-state index in [1.54, 1.807) is 30.3 Å². The summed E-state index contributed by atoms with van der Waals surface area (Å²) < 4.78 is 13.9. The lowest BCUT2D eigenvalue weighted by atomic mass is 10.1. The molecule has 0 N–H and O–H groups in total. The van der Waals surface area contributed by atoms with Gasteiger partial charge < -0.3 is 0 Å². The van der Waals surface area contributed by atoms with Crippen LogP contribution in [0, 0.1) is 5.82 Å². The maximum atomic E-state index is 13.3. The third-order valence-corrected chi connectivity index (χ3v) is 3.43. The predicted molar refractivity (Wildman–Crippen MR) is 63.8 cm³/mol. The average Bonchev–Trinajstić information content (AvgIpc) is 2.68. The van der Waals surface area contributed by atoms with Crippen molar-refractivity contribution >= 4 is 28.7 Å². The molecule has 0 aliphatic rings. The summed E-state index contributed by atoms with van der Waals surface area (Å²) in [5.41, 5.74) is 0.414. The number of halogens is 2. The summed E-state index contributed by atoms with van der Waals surface area (Å²) in [5.74, 6) is -0.458. The van der Waals surface area contributed by atoms with E-state index in [0.29, 0.717) is 14.8 Å². The van der Waals surface area contributed by atoms with Crippen molar-refractivity contribution in [3.05, 3.63) is 57.0 Å². The van der Waals surface area contributed by atoms with Crippen LogP contribution in [0.3, 0.4) is 0 Å². The molecule has 0 unspecified atom stereocenters. The van der Waals surface area contributed by atoms with E-state index in [9.17, 15) is 9.18 Å². The fourth-order valence-electron chi connectivity index (χ4n) is 1.37. The van der Waals surface area contributed by atoms with Crippen molar-refractivity contribution in [1.29, 1.82) is 0 Å². The molecule has 1 heterocycles. The molecule has 4 heteroatoms. The zero-order valence-electron chi connectivity index (χ0n) is 8.24. The number of Topliss-reactive ketones (excluding diaryl/α,β-unsaturated/α-hetero) is 1. The number of thiophene rings is 1. The molecule has 0 saturated carbocycles. The second-order valence-electron chi connectivity index (χ2n) is 3.30. The third-order valence-electron chi connectivity index (χ3n) is 2.16. The maximum Gasteiger partial charge on any atom is 0.177 e. The highest BCUT2D eigenvalue weighted by Crippen LogP contribution is 2.23. The first-order valence-electron chi connectivity index (χ1n) is 4.69. The molecule has 1 aromatic heterocycles. The van der Waals surface area contributed by atoms with Crippen LogP contribution in [0.15, 0.2) is 36.4 Å². The Morgan fingerprint density at radius 1 is 1.25 bits per heavy atom. The van der Waals surface area contributed by atoms with Crippen LogP contribution < -0.4 is 0 Å². The van der Waals surface area contributed by atoms with Crippen LogP contribution in [0.5, 0.6) is 0 Å². The Labute approximate surface area is 101 Å². The van der Waals surface area contributed by atoms with Crippen molar-refractivity contribution in [2.45, 2.75) is 6.42 Å². The number of rotatable bonds is 3. The zero-order valence-corrected chi connectivity index (χ0v) is 9.82. The zero-order chi connectivity index (χ0) is 11.5. The lowest BCUT2D eigenvalue weighted by molar-refractivity contribution is 0.0995. The molecule has 2 aromatic rings. The van der Waals surface area contributed by atoms with Crippen molar-refractivity contribution < 1.29 is 9.18 Å². The number of carbonyl (C=O) groups excluding carboxylic acids is 1. The monoisotopic (exact) mass is 254 g/mol. The smallest absolute Gasteiger partial charge is 0.177 e. The number of hydrogen-bond acceptors (Lipinski definition) is 2. The Kier molecular flexibility index (Phi) is 3.36. The molecule has 0 amide bonds. The molecule has 82 valence electrons. The molecule has 1 nitrogen and oxygen atoms in total. The van der Waals surface area contributed by atoms with E-state index in [4.69, 9.17) is 11.6 Å². The highest BCUT2D eigenvalue weighted by atomic mass is 35.5. The minimum atomic E-state index is -0.349. The van der Waals surface area contributed by atoms with E-state index < -0.39 is 0 Å². The fourth-order valence-corrected chi connectivity index (χ4v) is 2.35. The summed E-state index contributed by atoms with van der Waals surface area (Å²) in [6, 6.07) is 9.61. The van der Waals surface area contributed by atoms with Gasteiger partial charge in [0.25, 0.3) is 0 Å². The van der Waals surface area contributed by atoms with Crippen LogP contribution in [0.2, 0.25) is 4.34 Å². The van der Waals surface area contributed by atoms with Crippen LogP contribution in [0.4, 0.5) is 4.39 Å². The van der Waals surface area contributed by atoms with E-state index in [1.165, 1.54) is 17.4 Å². The minimum Gasteiger partial charge on any atom is -0.293 e.